The number of fused-ring (bicyclic) bond motifs is 1. The summed E-state index contributed by atoms with van der Waals surface area (Å²) in [5.41, 5.74) is 11.2. The zero-order valence-electron chi connectivity index (χ0n) is 11.2. The normalized spacial score (nSPS) is 14.4. The Labute approximate surface area is 118 Å². The van der Waals surface area contributed by atoms with Crippen molar-refractivity contribution < 1.29 is 0 Å². The van der Waals surface area contributed by atoms with Gasteiger partial charge in [0.05, 0.1) is 10.7 Å². The average Bonchev–Trinajstić information content (AvgIpc) is 2.86. The molecule has 0 fully saturated rings. The van der Waals surface area contributed by atoms with Crippen LogP contribution in [0.1, 0.15) is 40.2 Å². The molecule has 0 atom stereocenters. The predicted octanol–water partition coefficient (Wildman–Crippen LogP) is 3.11. The Morgan fingerprint density at radius 3 is 2.84 bits per heavy atom. The van der Waals surface area contributed by atoms with Crippen LogP contribution in [0, 0.1) is 0 Å². The van der Waals surface area contributed by atoms with Crippen LogP contribution in [-0.4, -0.2) is 11.5 Å². The van der Waals surface area contributed by atoms with Gasteiger partial charge in [0, 0.05) is 18.2 Å². The van der Waals surface area contributed by atoms with Gasteiger partial charge in [0.15, 0.2) is 0 Å². The van der Waals surface area contributed by atoms with Crippen molar-refractivity contribution in [1.82, 2.24) is 4.98 Å². The Morgan fingerprint density at radius 2 is 2.00 bits per heavy atom. The topological polar surface area (TPSA) is 38.9 Å². The number of thiazole rings is 1. The highest BCUT2D eigenvalue weighted by molar-refractivity contribution is 7.09. The number of nitrogens with two attached hydrogens (primary N) is 1. The second-order valence-electron chi connectivity index (χ2n) is 5.26. The first kappa shape index (κ1) is 12.8. The standard InChI is InChI=1S/C16H20N2S/c17-8-7-15-11-19-16(18-15)10-12-5-6-13-3-1-2-4-14(13)9-12/h5-6,9,11H,1-4,7-8,10,17H2. The second-order valence-corrected chi connectivity index (χ2v) is 6.20. The molecule has 1 aliphatic carbocycles. The van der Waals surface area contributed by atoms with Gasteiger partial charge in [0.25, 0.3) is 0 Å². The molecule has 0 unspecified atom stereocenters. The van der Waals surface area contributed by atoms with Crippen LogP contribution in [-0.2, 0) is 25.7 Å². The summed E-state index contributed by atoms with van der Waals surface area (Å²) in [6.07, 6.45) is 7.05. The van der Waals surface area contributed by atoms with E-state index in [4.69, 9.17) is 5.73 Å². The maximum atomic E-state index is 5.56. The summed E-state index contributed by atoms with van der Waals surface area (Å²) in [6.45, 7) is 0.683. The summed E-state index contributed by atoms with van der Waals surface area (Å²) in [5, 5.41) is 3.35. The van der Waals surface area contributed by atoms with Crippen molar-refractivity contribution in [2.45, 2.75) is 38.5 Å². The smallest absolute Gasteiger partial charge is 0.0972 e. The summed E-state index contributed by atoms with van der Waals surface area (Å²) in [6, 6.07) is 6.98. The average molecular weight is 272 g/mol. The Hall–Kier alpha value is -1.19. The monoisotopic (exact) mass is 272 g/mol. The van der Waals surface area contributed by atoms with Gasteiger partial charge in [-0.05, 0) is 48.9 Å². The van der Waals surface area contributed by atoms with E-state index in [1.54, 1.807) is 22.5 Å². The third-order valence-corrected chi connectivity index (χ3v) is 4.67. The van der Waals surface area contributed by atoms with Crippen LogP contribution in [0.2, 0.25) is 0 Å². The SMILES string of the molecule is NCCc1csc(Cc2ccc3c(c2)CCCC3)n1. The fraction of sp³-hybridized carbons (Fsp3) is 0.438. The van der Waals surface area contributed by atoms with Crippen molar-refractivity contribution in [3.63, 3.8) is 0 Å². The van der Waals surface area contributed by atoms with Crippen LogP contribution >= 0.6 is 11.3 Å². The molecule has 0 aliphatic heterocycles. The third-order valence-electron chi connectivity index (χ3n) is 3.77. The molecule has 100 valence electrons. The van der Waals surface area contributed by atoms with Crippen LogP contribution in [0.15, 0.2) is 23.6 Å². The quantitative estimate of drug-likeness (QED) is 0.929. The van der Waals surface area contributed by atoms with Gasteiger partial charge in [-0.2, -0.15) is 0 Å². The van der Waals surface area contributed by atoms with E-state index in [-0.39, 0.29) is 0 Å². The van der Waals surface area contributed by atoms with E-state index in [0.29, 0.717) is 6.54 Å². The molecule has 0 radical (unpaired) electrons. The van der Waals surface area contributed by atoms with Crippen molar-refractivity contribution in [2.24, 2.45) is 5.73 Å². The molecule has 1 aliphatic rings. The Kier molecular flexibility index (Phi) is 3.95. The highest BCUT2D eigenvalue weighted by Gasteiger charge is 2.10. The third kappa shape index (κ3) is 3.04. The number of nitrogens with zero attached hydrogens (tertiary/aromatic N) is 1. The summed E-state index contributed by atoms with van der Waals surface area (Å²) in [7, 11) is 0. The Bertz CT molecular complexity index is 560. The molecule has 19 heavy (non-hydrogen) atoms. The van der Waals surface area contributed by atoms with Gasteiger partial charge in [-0.1, -0.05) is 18.2 Å². The van der Waals surface area contributed by atoms with E-state index < -0.39 is 0 Å². The maximum absolute atomic E-state index is 5.56. The molecule has 2 N–H and O–H groups in total. The van der Waals surface area contributed by atoms with E-state index in [2.05, 4.69) is 28.6 Å². The van der Waals surface area contributed by atoms with Crippen LogP contribution < -0.4 is 5.73 Å². The van der Waals surface area contributed by atoms with Crippen LogP contribution in [0.5, 0.6) is 0 Å². The Morgan fingerprint density at radius 1 is 1.16 bits per heavy atom. The first-order valence-electron chi connectivity index (χ1n) is 7.09. The zero-order chi connectivity index (χ0) is 13.1. The number of hydrogen-bond donors (Lipinski definition) is 1. The van der Waals surface area contributed by atoms with E-state index >= 15 is 0 Å². The largest absolute Gasteiger partial charge is 0.330 e. The van der Waals surface area contributed by atoms with Gasteiger partial charge in [0.1, 0.15) is 0 Å². The van der Waals surface area contributed by atoms with Crippen LogP contribution in [0.25, 0.3) is 0 Å². The lowest BCUT2D eigenvalue weighted by atomic mass is 9.90. The minimum absolute atomic E-state index is 0.683. The molecule has 0 saturated heterocycles. The van der Waals surface area contributed by atoms with E-state index in [0.717, 1.165) is 18.5 Å². The molecular weight excluding hydrogens is 252 g/mol. The molecule has 3 rings (SSSR count). The lowest BCUT2D eigenvalue weighted by Crippen LogP contribution is -2.04. The van der Waals surface area contributed by atoms with Crippen molar-refractivity contribution in [2.75, 3.05) is 6.54 Å². The first-order valence-corrected chi connectivity index (χ1v) is 7.97. The molecule has 2 aromatic rings. The van der Waals surface area contributed by atoms with Gasteiger partial charge in [-0.25, -0.2) is 4.98 Å². The molecule has 0 saturated carbocycles. The van der Waals surface area contributed by atoms with Crippen molar-refractivity contribution in [3.05, 3.63) is 51.0 Å². The highest BCUT2D eigenvalue weighted by atomic mass is 32.1. The van der Waals surface area contributed by atoms with E-state index in [1.807, 2.05) is 0 Å². The van der Waals surface area contributed by atoms with Crippen LogP contribution in [0.3, 0.4) is 0 Å². The number of aryl methyl sites for hydroxylation is 2. The number of rotatable bonds is 4. The molecule has 0 amide bonds. The molecular formula is C16H20N2S. The molecule has 1 aromatic carbocycles. The van der Waals surface area contributed by atoms with Gasteiger partial charge in [-0.15, -0.1) is 11.3 Å². The highest BCUT2D eigenvalue weighted by Crippen LogP contribution is 2.24. The zero-order valence-corrected chi connectivity index (χ0v) is 12.0. The lowest BCUT2D eigenvalue weighted by Gasteiger charge is -2.16. The summed E-state index contributed by atoms with van der Waals surface area (Å²) >= 11 is 1.76. The van der Waals surface area contributed by atoms with Gasteiger partial charge in [0.2, 0.25) is 0 Å². The van der Waals surface area contributed by atoms with Crippen molar-refractivity contribution in [3.8, 4) is 0 Å². The summed E-state index contributed by atoms with van der Waals surface area (Å²) in [4.78, 5) is 4.65. The number of aromatic nitrogens is 1. The fourth-order valence-corrected chi connectivity index (χ4v) is 3.63. The number of benzene rings is 1. The fourth-order valence-electron chi connectivity index (χ4n) is 2.76. The molecule has 0 bridgehead atoms. The minimum atomic E-state index is 0.683. The first-order chi connectivity index (χ1) is 9.35. The Balaban J connectivity index is 1.75. The van der Waals surface area contributed by atoms with Crippen LogP contribution in [0.4, 0.5) is 0 Å². The summed E-state index contributed by atoms with van der Waals surface area (Å²) in [5.74, 6) is 0. The lowest BCUT2D eigenvalue weighted by molar-refractivity contribution is 0.684. The summed E-state index contributed by atoms with van der Waals surface area (Å²) < 4.78 is 0. The van der Waals surface area contributed by atoms with Gasteiger partial charge in [-0.3, -0.25) is 0 Å². The predicted molar refractivity (Wildman–Crippen MR) is 80.8 cm³/mol. The van der Waals surface area contributed by atoms with Gasteiger partial charge >= 0.3 is 0 Å². The molecule has 0 spiro atoms. The van der Waals surface area contributed by atoms with Gasteiger partial charge < -0.3 is 5.73 Å². The molecule has 1 aromatic heterocycles. The van der Waals surface area contributed by atoms with E-state index in [9.17, 15) is 0 Å². The van der Waals surface area contributed by atoms with E-state index in [1.165, 1.54) is 36.3 Å². The maximum Gasteiger partial charge on any atom is 0.0972 e. The molecule has 2 nitrogen and oxygen atoms in total. The second kappa shape index (κ2) is 5.85. The molecule has 3 heteroatoms. The van der Waals surface area contributed by atoms with Crippen molar-refractivity contribution >= 4 is 11.3 Å². The molecule has 1 heterocycles. The number of hydrogen-bond acceptors (Lipinski definition) is 3. The van der Waals surface area contributed by atoms with Crippen molar-refractivity contribution in [1.29, 1.82) is 0 Å². The minimum Gasteiger partial charge on any atom is -0.330 e.